The van der Waals surface area contributed by atoms with Gasteiger partial charge in [0.05, 0.1) is 18.4 Å². The fourth-order valence-corrected chi connectivity index (χ4v) is 2.72. The van der Waals surface area contributed by atoms with E-state index in [1.165, 1.54) is 6.08 Å². The van der Waals surface area contributed by atoms with Crippen LogP contribution in [0.15, 0.2) is 36.6 Å². The topological polar surface area (TPSA) is 69.9 Å². The number of benzene rings is 1. The number of hydrogen-bond donors (Lipinski definition) is 3. The van der Waals surface area contributed by atoms with Crippen LogP contribution < -0.4 is 0 Å². The maximum atomic E-state index is 10.2. The summed E-state index contributed by atoms with van der Waals surface area (Å²) in [4.78, 5) is 0. The van der Waals surface area contributed by atoms with Gasteiger partial charge in [0.15, 0.2) is 0 Å². The Kier molecular flexibility index (Phi) is 15.2. The quantitative estimate of drug-likeness (QED) is 0.402. The summed E-state index contributed by atoms with van der Waals surface area (Å²) in [7, 11) is 2.58. The van der Waals surface area contributed by atoms with Crippen molar-refractivity contribution < 1.29 is 52.8 Å². The number of hydrogen-bond acceptors (Lipinski definition) is 4. The van der Waals surface area contributed by atoms with Crippen molar-refractivity contribution in [3.63, 3.8) is 0 Å². The van der Waals surface area contributed by atoms with Gasteiger partial charge in [0, 0.05) is 50.9 Å². The van der Waals surface area contributed by atoms with Crippen molar-refractivity contribution in [2.24, 2.45) is 5.92 Å². The largest absolute Gasteiger partial charge is 0.516 e. The Morgan fingerprint density at radius 1 is 1.36 bits per heavy atom. The molecule has 1 atom stereocenters. The number of rotatable bonds is 7. The Labute approximate surface area is 180 Å². The maximum absolute atomic E-state index is 10.2. The third-order valence-electron chi connectivity index (χ3n) is 3.58. The van der Waals surface area contributed by atoms with E-state index in [4.69, 9.17) is 26.6 Å². The first-order chi connectivity index (χ1) is 11.5. The monoisotopic (exact) mass is 443 g/mol. The molecule has 1 rings (SSSR count). The van der Waals surface area contributed by atoms with Crippen LogP contribution >= 0.6 is 11.6 Å². The van der Waals surface area contributed by atoms with E-state index >= 15 is 0 Å². The van der Waals surface area contributed by atoms with Crippen molar-refractivity contribution in [1.29, 1.82) is 0 Å². The fraction of sp³-hybridized carbons (Fsp3) is 0.368. The van der Waals surface area contributed by atoms with Crippen molar-refractivity contribution in [2.75, 3.05) is 14.2 Å². The van der Waals surface area contributed by atoms with Gasteiger partial charge in [0.2, 0.25) is 0 Å². The van der Waals surface area contributed by atoms with E-state index in [-0.39, 0.29) is 49.4 Å². The first-order valence-corrected chi connectivity index (χ1v) is 8.07. The normalized spacial score (nSPS) is 12.4. The predicted octanol–water partition coefficient (Wildman–Crippen LogP) is 5.16. The molecule has 0 aliphatic carbocycles. The summed E-state index contributed by atoms with van der Waals surface area (Å²) in [6.45, 7) is 8.10. The maximum Gasteiger partial charge on any atom is 0.142 e. The van der Waals surface area contributed by atoms with Gasteiger partial charge in [-0.3, -0.25) is 0 Å². The standard InChI is InChI=1S/C18H23ClO3.CH4O.Y/c1-5-7-12(3)14(6-2)18(22-4)15-9-8-13(10-11-20)17(21)16(15)19;1-2;/h6,8-12,20-21H,2,5,7H2,1,3-4H3;2H,1H3;/b11-10+,18-14+;;. The summed E-state index contributed by atoms with van der Waals surface area (Å²) in [5, 5.41) is 26.2. The minimum absolute atomic E-state index is 0. The zero-order valence-electron chi connectivity index (χ0n) is 15.3. The molecule has 1 aromatic rings. The van der Waals surface area contributed by atoms with Crippen molar-refractivity contribution in [2.45, 2.75) is 26.7 Å². The molecular weight excluding hydrogens is 417 g/mol. The van der Waals surface area contributed by atoms with E-state index in [0.717, 1.165) is 31.8 Å². The molecule has 1 radical (unpaired) electrons. The molecule has 1 unspecified atom stereocenters. The third kappa shape index (κ3) is 7.14. The average molecular weight is 444 g/mol. The van der Waals surface area contributed by atoms with E-state index in [2.05, 4.69) is 20.4 Å². The van der Waals surface area contributed by atoms with Crippen molar-refractivity contribution in [3.05, 3.63) is 52.8 Å². The van der Waals surface area contributed by atoms with Gasteiger partial charge in [-0.25, -0.2) is 0 Å². The third-order valence-corrected chi connectivity index (χ3v) is 3.97. The van der Waals surface area contributed by atoms with Crippen LogP contribution in [-0.4, -0.2) is 29.5 Å². The molecule has 0 spiro atoms. The Balaban J connectivity index is 0. The molecule has 3 N–H and O–H groups in total. The number of halogens is 1. The van der Waals surface area contributed by atoms with E-state index in [1.54, 1.807) is 25.3 Å². The number of aliphatic hydroxyl groups is 2. The molecule has 0 saturated carbocycles. The van der Waals surface area contributed by atoms with Crippen LogP contribution in [0.4, 0.5) is 0 Å². The number of methoxy groups -OCH3 is 1. The first kappa shape index (κ1) is 26.4. The molecule has 0 fully saturated rings. The van der Waals surface area contributed by atoms with Crippen LogP contribution in [0.1, 0.15) is 37.8 Å². The van der Waals surface area contributed by atoms with Crippen LogP contribution in [0.5, 0.6) is 5.75 Å². The van der Waals surface area contributed by atoms with Gasteiger partial charge in [0.1, 0.15) is 11.5 Å². The molecule has 0 amide bonds. The molecule has 4 nitrogen and oxygen atoms in total. The minimum Gasteiger partial charge on any atom is -0.516 e. The van der Waals surface area contributed by atoms with E-state index in [1.807, 2.05) is 0 Å². The van der Waals surface area contributed by atoms with Gasteiger partial charge in [-0.1, -0.05) is 50.6 Å². The average Bonchev–Trinajstić information content (AvgIpc) is 2.59. The smallest absolute Gasteiger partial charge is 0.142 e. The molecule has 1 aromatic carbocycles. The van der Waals surface area contributed by atoms with E-state index in [9.17, 15) is 5.11 Å². The Morgan fingerprint density at radius 2 is 1.96 bits per heavy atom. The van der Waals surface area contributed by atoms with Crippen LogP contribution in [0, 0.1) is 5.92 Å². The molecule has 0 heterocycles. The van der Waals surface area contributed by atoms with Crippen LogP contribution in [0.25, 0.3) is 11.8 Å². The number of phenols is 1. The fourth-order valence-electron chi connectivity index (χ4n) is 2.46. The SMILES string of the molecule is C=C/C(=C(\OC)c1ccc(/C=C/O)c(O)c1Cl)C(C)CCC.CO.[Y]. The second kappa shape index (κ2) is 14.4. The van der Waals surface area contributed by atoms with Gasteiger partial charge < -0.3 is 20.1 Å². The molecule has 137 valence electrons. The molecule has 0 aliphatic heterocycles. The second-order valence-electron chi connectivity index (χ2n) is 5.06. The summed E-state index contributed by atoms with van der Waals surface area (Å²) in [6.07, 6.45) is 6.05. The number of aliphatic hydroxyl groups excluding tert-OH is 2. The predicted molar refractivity (Wildman–Crippen MR) is 101 cm³/mol. The summed E-state index contributed by atoms with van der Waals surface area (Å²) in [5.74, 6) is 0.786. The second-order valence-corrected chi connectivity index (χ2v) is 5.44. The molecule has 0 aromatic heterocycles. The van der Waals surface area contributed by atoms with Crippen molar-refractivity contribution in [3.8, 4) is 5.75 Å². The molecular formula is C19H27ClO4Y. The summed E-state index contributed by atoms with van der Waals surface area (Å²) in [6, 6.07) is 3.44. The zero-order chi connectivity index (χ0) is 18.7. The van der Waals surface area contributed by atoms with Crippen molar-refractivity contribution in [1.82, 2.24) is 0 Å². The van der Waals surface area contributed by atoms with Crippen molar-refractivity contribution >= 4 is 23.4 Å². The number of phenolic OH excluding ortho intramolecular Hbond substituents is 1. The van der Waals surface area contributed by atoms with E-state index in [0.29, 0.717) is 16.9 Å². The van der Waals surface area contributed by atoms with Gasteiger partial charge in [0.25, 0.3) is 0 Å². The summed E-state index contributed by atoms with van der Waals surface area (Å²) in [5.41, 5.74) is 2.00. The first-order valence-electron chi connectivity index (χ1n) is 7.69. The van der Waals surface area contributed by atoms with Crippen LogP contribution in [0.2, 0.25) is 5.02 Å². The summed E-state index contributed by atoms with van der Waals surface area (Å²) >= 11 is 6.28. The Bertz CT molecular complexity index is 597. The number of allylic oxidation sites excluding steroid dienone is 2. The van der Waals surface area contributed by atoms with Crippen LogP contribution in [0.3, 0.4) is 0 Å². The van der Waals surface area contributed by atoms with Gasteiger partial charge in [-0.2, -0.15) is 0 Å². The molecule has 0 saturated heterocycles. The molecule has 25 heavy (non-hydrogen) atoms. The molecule has 0 aliphatic rings. The summed E-state index contributed by atoms with van der Waals surface area (Å²) < 4.78 is 5.54. The number of ether oxygens (including phenoxy) is 1. The molecule has 6 heteroatoms. The molecule has 0 bridgehead atoms. The van der Waals surface area contributed by atoms with Crippen LogP contribution in [-0.2, 0) is 37.4 Å². The van der Waals surface area contributed by atoms with Gasteiger partial charge >= 0.3 is 0 Å². The van der Waals surface area contributed by atoms with Gasteiger partial charge in [-0.15, -0.1) is 0 Å². The van der Waals surface area contributed by atoms with E-state index < -0.39 is 0 Å². The minimum atomic E-state index is -0.0921. The zero-order valence-corrected chi connectivity index (χ0v) is 18.9. The Hall–Kier alpha value is -0.806. The Morgan fingerprint density at radius 3 is 2.40 bits per heavy atom. The van der Waals surface area contributed by atoms with Gasteiger partial charge in [-0.05, 0) is 30.1 Å². The number of aromatic hydroxyl groups is 1.